The number of nitrogens with zero attached hydrogens (tertiary/aromatic N) is 4. The van der Waals surface area contributed by atoms with Crippen molar-refractivity contribution in [2.45, 2.75) is 26.9 Å². The zero-order chi connectivity index (χ0) is 27.0. The molecule has 0 saturated heterocycles. The highest BCUT2D eigenvalue weighted by Crippen LogP contribution is 2.26. The highest BCUT2D eigenvalue weighted by atomic mass is 35.5. The van der Waals surface area contributed by atoms with E-state index < -0.39 is 41.2 Å². The molecule has 0 unspecified atom stereocenters. The van der Waals surface area contributed by atoms with Crippen LogP contribution in [0.2, 0.25) is 10.0 Å². The van der Waals surface area contributed by atoms with Gasteiger partial charge in [-0.25, -0.2) is 22.0 Å². The van der Waals surface area contributed by atoms with E-state index in [1.165, 1.54) is 12.3 Å². The van der Waals surface area contributed by atoms with Crippen molar-refractivity contribution in [3.8, 4) is 0 Å². The Hall–Kier alpha value is -3.22. The van der Waals surface area contributed by atoms with Gasteiger partial charge in [0.1, 0.15) is 0 Å². The molecule has 0 radical (unpaired) electrons. The number of anilines is 2. The molecule has 2 aromatic carbocycles. The summed E-state index contributed by atoms with van der Waals surface area (Å²) in [5.74, 6) is -9.90. The Labute approximate surface area is 223 Å². The normalized spacial score (nSPS) is 11.2. The molecule has 4 rings (SSSR count). The van der Waals surface area contributed by atoms with Gasteiger partial charge in [-0.15, -0.1) is 0 Å². The van der Waals surface area contributed by atoms with Crippen LogP contribution in [0.4, 0.5) is 33.5 Å². The molecule has 6 nitrogen and oxygen atoms in total. The van der Waals surface area contributed by atoms with E-state index in [1.54, 1.807) is 23.7 Å². The molecule has 0 aliphatic heterocycles. The smallest absolute Gasteiger partial charge is 0.200 e. The molecule has 2 aromatic heterocycles. The Morgan fingerprint density at radius 1 is 0.865 bits per heavy atom. The van der Waals surface area contributed by atoms with E-state index in [9.17, 15) is 22.0 Å². The van der Waals surface area contributed by atoms with Crippen molar-refractivity contribution < 1.29 is 22.0 Å². The Kier molecular flexibility index (Phi) is 7.72. The van der Waals surface area contributed by atoms with E-state index >= 15 is 0 Å². The van der Waals surface area contributed by atoms with E-state index in [0.29, 0.717) is 28.0 Å². The summed E-state index contributed by atoms with van der Waals surface area (Å²) in [6.07, 6.45) is 1.30. The van der Waals surface area contributed by atoms with Gasteiger partial charge < -0.3 is 10.6 Å². The van der Waals surface area contributed by atoms with Crippen LogP contribution in [-0.2, 0) is 13.1 Å². The standard InChI is InChI=1S/C23H17Cl2F5N6S/c1-10-22(11(2)36(33-10)8-12-3-4-14(24)15(25)7-12)32-23(37)31-16-5-6-35(34-16)9-13-17(26)19(28)21(30)20(29)18(13)27/h3-7H,8-9H2,1-2H3,(H2,31,32,34,37). The number of thiocarbonyl (C=S) groups is 1. The minimum Gasteiger partial charge on any atom is -0.329 e. The molecule has 0 amide bonds. The molecule has 0 spiro atoms. The molecule has 14 heteroatoms. The number of hydrogen-bond donors (Lipinski definition) is 2. The largest absolute Gasteiger partial charge is 0.329 e. The second kappa shape index (κ2) is 10.6. The van der Waals surface area contributed by atoms with E-state index in [-0.39, 0.29) is 10.9 Å². The van der Waals surface area contributed by atoms with Gasteiger partial charge >= 0.3 is 0 Å². The van der Waals surface area contributed by atoms with E-state index in [1.807, 2.05) is 13.0 Å². The maximum Gasteiger partial charge on any atom is 0.200 e. The molecule has 0 aliphatic carbocycles. The first-order chi connectivity index (χ1) is 17.5. The summed E-state index contributed by atoms with van der Waals surface area (Å²) in [5.41, 5.74) is 1.99. The molecular formula is C23H17Cl2F5N6S. The maximum atomic E-state index is 14.0. The summed E-state index contributed by atoms with van der Waals surface area (Å²) in [7, 11) is 0. The molecule has 194 valence electrons. The quantitative estimate of drug-likeness (QED) is 0.117. The van der Waals surface area contributed by atoms with Gasteiger partial charge in [0, 0.05) is 12.3 Å². The lowest BCUT2D eigenvalue weighted by Gasteiger charge is -2.10. The minimum atomic E-state index is -2.22. The Balaban J connectivity index is 1.44. The predicted molar refractivity (Wildman–Crippen MR) is 135 cm³/mol. The summed E-state index contributed by atoms with van der Waals surface area (Å²) in [6.45, 7) is 3.39. The van der Waals surface area contributed by atoms with Crippen LogP contribution < -0.4 is 10.6 Å². The molecule has 0 atom stereocenters. The van der Waals surface area contributed by atoms with Crippen molar-refractivity contribution >= 4 is 52.0 Å². The fourth-order valence-electron chi connectivity index (χ4n) is 3.57. The fraction of sp³-hybridized carbons (Fsp3) is 0.174. The highest BCUT2D eigenvalue weighted by molar-refractivity contribution is 7.80. The van der Waals surface area contributed by atoms with Crippen molar-refractivity contribution in [1.82, 2.24) is 19.6 Å². The second-order valence-electron chi connectivity index (χ2n) is 7.98. The van der Waals surface area contributed by atoms with E-state index in [4.69, 9.17) is 35.4 Å². The number of halogens is 7. The number of aryl methyl sites for hydroxylation is 1. The van der Waals surface area contributed by atoms with Gasteiger partial charge in [-0.05, 0) is 43.8 Å². The molecule has 37 heavy (non-hydrogen) atoms. The molecular weight excluding hydrogens is 558 g/mol. The molecule has 4 aromatic rings. The third-order valence-electron chi connectivity index (χ3n) is 5.44. The van der Waals surface area contributed by atoms with Gasteiger partial charge in [0.2, 0.25) is 5.82 Å². The fourth-order valence-corrected chi connectivity index (χ4v) is 4.10. The zero-order valence-corrected chi connectivity index (χ0v) is 21.5. The number of rotatable bonds is 6. The first-order valence-electron chi connectivity index (χ1n) is 10.6. The van der Waals surface area contributed by atoms with Crippen LogP contribution >= 0.6 is 35.4 Å². The summed E-state index contributed by atoms with van der Waals surface area (Å²) in [4.78, 5) is 0. The van der Waals surface area contributed by atoms with Crippen LogP contribution in [0.15, 0.2) is 30.5 Å². The number of benzene rings is 2. The van der Waals surface area contributed by atoms with Gasteiger partial charge in [0.05, 0.1) is 45.8 Å². The van der Waals surface area contributed by atoms with Crippen molar-refractivity contribution in [2.24, 2.45) is 0 Å². The Bertz CT molecular complexity index is 1490. The highest BCUT2D eigenvalue weighted by Gasteiger charge is 2.26. The van der Waals surface area contributed by atoms with Crippen LogP contribution in [0, 0.1) is 42.9 Å². The molecule has 2 heterocycles. The summed E-state index contributed by atoms with van der Waals surface area (Å²) >= 11 is 17.4. The minimum absolute atomic E-state index is 0.141. The van der Waals surface area contributed by atoms with E-state index in [0.717, 1.165) is 15.9 Å². The molecule has 0 fully saturated rings. The first-order valence-corrected chi connectivity index (χ1v) is 11.7. The summed E-state index contributed by atoms with van der Waals surface area (Å²) < 4.78 is 70.9. The molecule has 2 N–H and O–H groups in total. The summed E-state index contributed by atoms with van der Waals surface area (Å²) in [6, 6.07) is 6.72. The van der Waals surface area contributed by atoms with Gasteiger partial charge in [0.25, 0.3) is 0 Å². The lowest BCUT2D eigenvalue weighted by molar-refractivity contribution is 0.367. The third kappa shape index (κ3) is 5.55. The lowest BCUT2D eigenvalue weighted by Crippen LogP contribution is -2.20. The number of nitrogens with one attached hydrogen (secondary N) is 2. The van der Waals surface area contributed by atoms with Gasteiger partial charge in [-0.3, -0.25) is 9.36 Å². The van der Waals surface area contributed by atoms with E-state index in [2.05, 4.69) is 20.8 Å². The second-order valence-corrected chi connectivity index (χ2v) is 9.20. The van der Waals surface area contributed by atoms with Gasteiger partial charge in [-0.2, -0.15) is 10.2 Å². The summed E-state index contributed by atoms with van der Waals surface area (Å²) in [5, 5.41) is 15.4. The number of aromatic nitrogens is 4. The topological polar surface area (TPSA) is 59.7 Å². The average Bonchev–Trinajstić information content (AvgIpc) is 3.40. The SMILES string of the molecule is Cc1nn(Cc2ccc(Cl)c(Cl)c2)c(C)c1NC(=S)Nc1ccn(Cc2c(F)c(F)c(F)c(F)c2F)n1. The third-order valence-corrected chi connectivity index (χ3v) is 6.38. The number of hydrogen-bond acceptors (Lipinski definition) is 3. The van der Waals surface area contributed by atoms with Crippen LogP contribution in [0.1, 0.15) is 22.5 Å². The lowest BCUT2D eigenvalue weighted by atomic mass is 10.1. The van der Waals surface area contributed by atoms with Crippen molar-refractivity contribution in [3.63, 3.8) is 0 Å². The molecule has 0 aliphatic rings. The van der Waals surface area contributed by atoms with Crippen molar-refractivity contribution in [1.29, 1.82) is 0 Å². The molecule has 0 bridgehead atoms. The Morgan fingerprint density at radius 3 is 2.16 bits per heavy atom. The van der Waals surface area contributed by atoms with Crippen molar-refractivity contribution in [2.75, 3.05) is 10.6 Å². The zero-order valence-electron chi connectivity index (χ0n) is 19.1. The van der Waals surface area contributed by atoms with Crippen LogP contribution in [0.25, 0.3) is 0 Å². The monoisotopic (exact) mass is 574 g/mol. The van der Waals surface area contributed by atoms with Crippen LogP contribution in [-0.4, -0.2) is 24.7 Å². The first kappa shape index (κ1) is 26.8. The maximum absolute atomic E-state index is 14.0. The van der Waals surface area contributed by atoms with Gasteiger partial charge in [0.15, 0.2) is 34.2 Å². The van der Waals surface area contributed by atoms with Crippen molar-refractivity contribution in [3.05, 3.63) is 92.1 Å². The van der Waals surface area contributed by atoms with Crippen LogP contribution in [0.5, 0.6) is 0 Å². The molecule has 0 saturated carbocycles. The van der Waals surface area contributed by atoms with Crippen LogP contribution in [0.3, 0.4) is 0 Å². The predicted octanol–water partition coefficient (Wildman–Crippen LogP) is 6.60. The van der Waals surface area contributed by atoms with Gasteiger partial charge in [-0.1, -0.05) is 29.3 Å². The Morgan fingerprint density at radius 2 is 1.51 bits per heavy atom. The average molecular weight is 575 g/mol.